The van der Waals surface area contributed by atoms with E-state index in [1.807, 2.05) is 24.3 Å². The lowest BCUT2D eigenvalue weighted by atomic mass is 10.1. The summed E-state index contributed by atoms with van der Waals surface area (Å²) in [7, 11) is 0. The molecule has 3 heterocycles. The van der Waals surface area contributed by atoms with Crippen LogP contribution in [0.4, 0.5) is 15.8 Å². The van der Waals surface area contributed by atoms with Gasteiger partial charge in [0.15, 0.2) is 11.5 Å². The Morgan fingerprint density at radius 3 is 2.50 bits per heavy atom. The van der Waals surface area contributed by atoms with Crippen LogP contribution >= 0.6 is 11.3 Å². The van der Waals surface area contributed by atoms with Crippen LogP contribution in [0.5, 0.6) is 11.5 Å². The summed E-state index contributed by atoms with van der Waals surface area (Å²) < 4.78 is 25.1. The number of pyridine rings is 1. The maximum Gasteiger partial charge on any atom is 0.274 e. The Balaban J connectivity index is 1.34. The molecule has 34 heavy (non-hydrogen) atoms. The predicted octanol–water partition coefficient (Wildman–Crippen LogP) is 5.23. The Labute approximate surface area is 198 Å². The zero-order chi connectivity index (χ0) is 23.5. The summed E-state index contributed by atoms with van der Waals surface area (Å²) in [5.74, 6) is -0.0890. The molecule has 5 rings (SSSR count). The monoisotopic (exact) mass is 475 g/mol. The highest BCUT2D eigenvalue weighted by Gasteiger charge is 2.17. The fourth-order valence-electron chi connectivity index (χ4n) is 3.41. The number of amides is 2. The lowest BCUT2D eigenvalue weighted by molar-refractivity contribution is 0.101. The molecule has 7 nitrogen and oxygen atoms in total. The standard InChI is InChI=1S/C25H18FN3O4S/c26-16-5-6-17(28-24(30)18-3-1-2-10-27-18)19(14-16)29-25(31)23-9-8-22(34-23)15-4-7-20-21(13-15)33-12-11-32-20/h1-10,13-14H,11-12H2,(H,28,30)(H,29,31). The maximum atomic E-state index is 13.9. The number of rotatable bonds is 5. The topological polar surface area (TPSA) is 89.6 Å². The Hall–Kier alpha value is -4.24. The summed E-state index contributed by atoms with van der Waals surface area (Å²) in [6, 6.07) is 17.8. The van der Waals surface area contributed by atoms with Gasteiger partial charge in [-0.3, -0.25) is 14.6 Å². The van der Waals surface area contributed by atoms with Crippen LogP contribution in [0.3, 0.4) is 0 Å². The van der Waals surface area contributed by atoms with Crippen molar-refractivity contribution in [3.05, 3.63) is 89.3 Å². The third-order valence-electron chi connectivity index (χ3n) is 5.03. The fraction of sp³-hybridized carbons (Fsp3) is 0.0800. The average Bonchev–Trinajstić information content (AvgIpc) is 3.36. The Morgan fingerprint density at radius 2 is 1.68 bits per heavy atom. The summed E-state index contributed by atoms with van der Waals surface area (Å²) in [4.78, 5) is 30.7. The van der Waals surface area contributed by atoms with Crippen molar-refractivity contribution in [1.29, 1.82) is 0 Å². The number of benzene rings is 2. The number of nitrogens with zero attached hydrogens (tertiary/aromatic N) is 1. The van der Waals surface area contributed by atoms with Crippen LogP contribution in [0, 0.1) is 5.82 Å². The van der Waals surface area contributed by atoms with E-state index in [0.29, 0.717) is 29.6 Å². The van der Waals surface area contributed by atoms with Crippen LogP contribution < -0.4 is 20.1 Å². The van der Waals surface area contributed by atoms with Crippen molar-refractivity contribution in [2.45, 2.75) is 0 Å². The summed E-state index contributed by atoms with van der Waals surface area (Å²) in [5, 5.41) is 5.36. The van der Waals surface area contributed by atoms with Gasteiger partial charge in [-0.05, 0) is 66.2 Å². The van der Waals surface area contributed by atoms with Crippen LogP contribution in [0.15, 0.2) is 72.9 Å². The number of aromatic nitrogens is 1. The molecular weight excluding hydrogens is 457 g/mol. The van der Waals surface area contributed by atoms with Gasteiger partial charge in [-0.2, -0.15) is 0 Å². The zero-order valence-corrected chi connectivity index (χ0v) is 18.5. The largest absolute Gasteiger partial charge is 0.486 e. The first-order valence-corrected chi connectivity index (χ1v) is 11.2. The van der Waals surface area contributed by atoms with E-state index in [4.69, 9.17) is 9.47 Å². The zero-order valence-electron chi connectivity index (χ0n) is 17.7. The van der Waals surface area contributed by atoms with Gasteiger partial charge < -0.3 is 20.1 Å². The molecule has 0 radical (unpaired) electrons. The van der Waals surface area contributed by atoms with Crippen molar-refractivity contribution in [2.75, 3.05) is 23.8 Å². The molecule has 2 N–H and O–H groups in total. The normalized spacial score (nSPS) is 12.1. The summed E-state index contributed by atoms with van der Waals surface area (Å²) in [5.41, 5.74) is 1.49. The Bertz CT molecular complexity index is 1370. The van der Waals surface area contributed by atoms with Crippen molar-refractivity contribution >= 4 is 34.5 Å². The SMILES string of the molecule is O=C(Nc1ccc(F)cc1NC(=O)c1ccc(-c2ccc3c(c2)OCCO3)s1)c1ccccn1. The molecule has 1 aliphatic rings. The molecule has 4 aromatic rings. The minimum Gasteiger partial charge on any atom is -0.486 e. The van der Waals surface area contributed by atoms with Gasteiger partial charge >= 0.3 is 0 Å². The van der Waals surface area contributed by atoms with Gasteiger partial charge in [0.2, 0.25) is 0 Å². The lowest BCUT2D eigenvalue weighted by Gasteiger charge is -2.18. The van der Waals surface area contributed by atoms with E-state index in [9.17, 15) is 14.0 Å². The summed E-state index contributed by atoms with van der Waals surface area (Å²) in [6.07, 6.45) is 1.50. The number of hydrogen-bond acceptors (Lipinski definition) is 6. The molecule has 170 valence electrons. The molecule has 0 unspecified atom stereocenters. The highest BCUT2D eigenvalue weighted by Crippen LogP contribution is 2.37. The number of nitrogens with one attached hydrogen (secondary N) is 2. The van der Waals surface area contributed by atoms with Crippen molar-refractivity contribution in [3.8, 4) is 21.9 Å². The molecule has 0 atom stereocenters. The van der Waals surface area contributed by atoms with Crippen LogP contribution in [-0.4, -0.2) is 30.0 Å². The van der Waals surface area contributed by atoms with E-state index < -0.39 is 17.6 Å². The van der Waals surface area contributed by atoms with Crippen molar-refractivity contribution in [3.63, 3.8) is 0 Å². The molecule has 1 aliphatic heterocycles. The van der Waals surface area contributed by atoms with Gasteiger partial charge in [0.05, 0.1) is 16.3 Å². The van der Waals surface area contributed by atoms with Crippen LogP contribution in [0.2, 0.25) is 0 Å². The molecular formula is C25H18FN3O4S. The van der Waals surface area contributed by atoms with Crippen LogP contribution in [0.1, 0.15) is 20.2 Å². The van der Waals surface area contributed by atoms with Crippen LogP contribution in [0.25, 0.3) is 10.4 Å². The van der Waals surface area contributed by atoms with E-state index in [1.165, 1.54) is 29.7 Å². The molecule has 0 saturated carbocycles. The molecule has 0 spiro atoms. The van der Waals surface area contributed by atoms with E-state index in [2.05, 4.69) is 15.6 Å². The molecule has 2 aromatic heterocycles. The van der Waals surface area contributed by atoms with Gasteiger partial charge in [0.1, 0.15) is 24.7 Å². The molecule has 9 heteroatoms. The quantitative estimate of drug-likeness (QED) is 0.413. The molecule has 2 amide bonds. The first-order valence-electron chi connectivity index (χ1n) is 10.4. The van der Waals surface area contributed by atoms with Crippen LogP contribution in [-0.2, 0) is 0 Å². The molecule has 2 aromatic carbocycles. The third kappa shape index (κ3) is 4.60. The van der Waals surface area contributed by atoms with Gasteiger partial charge in [-0.15, -0.1) is 11.3 Å². The number of thiophene rings is 1. The Kier molecular flexibility index (Phi) is 5.92. The van der Waals surface area contributed by atoms with E-state index >= 15 is 0 Å². The van der Waals surface area contributed by atoms with Gasteiger partial charge in [-0.25, -0.2) is 4.39 Å². The minimum atomic E-state index is -0.547. The highest BCUT2D eigenvalue weighted by molar-refractivity contribution is 7.17. The third-order valence-corrected chi connectivity index (χ3v) is 6.17. The number of carbonyl (C=O) groups excluding carboxylic acids is 2. The fourth-order valence-corrected chi connectivity index (χ4v) is 4.31. The summed E-state index contributed by atoms with van der Waals surface area (Å²) in [6.45, 7) is 1.00. The second kappa shape index (κ2) is 9.32. The molecule has 0 bridgehead atoms. The van der Waals surface area contributed by atoms with Crippen molar-refractivity contribution in [2.24, 2.45) is 0 Å². The predicted molar refractivity (Wildman–Crippen MR) is 127 cm³/mol. The number of ether oxygens (including phenoxy) is 2. The molecule has 0 saturated heterocycles. The summed E-state index contributed by atoms with van der Waals surface area (Å²) >= 11 is 1.29. The number of halogens is 1. The van der Waals surface area contributed by atoms with Gasteiger partial charge in [0.25, 0.3) is 11.8 Å². The van der Waals surface area contributed by atoms with Crippen molar-refractivity contribution < 1.29 is 23.5 Å². The number of hydrogen-bond donors (Lipinski definition) is 2. The van der Waals surface area contributed by atoms with Crippen molar-refractivity contribution in [1.82, 2.24) is 4.98 Å². The average molecular weight is 476 g/mol. The first kappa shape index (κ1) is 21.6. The second-order valence-electron chi connectivity index (χ2n) is 7.34. The highest BCUT2D eigenvalue weighted by atomic mass is 32.1. The molecule has 0 aliphatic carbocycles. The lowest BCUT2D eigenvalue weighted by Crippen LogP contribution is -2.17. The molecule has 0 fully saturated rings. The Morgan fingerprint density at radius 1 is 0.853 bits per heavy atom. The number of carbonyl (C=O) groups is 2. The number of fused-ring (bicyclic) bond motifs is 1. The van der Waals surface area contributed by atoms with E-state index in [0.717, 1.165) is 16.5 Å². The van der Waals surface area contributed by atoms with E-state index in [-0.39, 0.29) is 17.1 Å². The van der Waals surface area contributed by atoms with Gasteiger partial charge in [-0.1, -0.05) is 6.07 Å². The van der Waals surface area contributed by atoms with E-state index in [1.54, 1.807) is 24.3 Å². The number of anilines is 2. The van der Waals surface area contributed by atoms with Gasteiger partial charge in [0, 0.05) is 11.1 Å². The maximum absolute atomic E-state index is 13.9. The second-order valence-corrected chi connectivity index (χ2v) is 8.42. The first-order chi connectivity index (χ1) is 16.6. The smallest absolute Gasteiger partial charge is 0.274 e. The minimum absolute atomic E-state index is 0.142.